The standard InChI is InChI=1S/C16H16FN3O2/c1-16(2,3)22-15(21)7-12-6-13(17)4-5-14(12)20-10-11(8-18)9-19/h4-6,10,20H,7H2,1-3H3. The molecule has 0 aliphatic carbocycles. The molecule has 0 saturated heterocycles. The number of nitriles is 2. The molecule has 0 unspecified atom stereocenters. The summed E-state index contributed by atoms with van der Waals surface area (Å²) in [6, 6.07) is 7.24. The number of rotatable bonds is 4. The molecule has 0 atom stereocenters. The second-order valence-electron chi connectivity index (χ2n) is 5.49. The van der Waals surface area contributed by atoms with Gasteiger partial charge in [-0.1, -0.05) is 0 Å². The first-order chi connectivity index (χ1) is 10.2. The summed E-state index contributed by atoms with van der Waals surface area (Å²) >= 11 is 0. The number of anilines is 1. The second kappa shape index (κ2) is 7.24. The summed E-state index contributed by atoms with van der Waals surface area (Å²) in [5.41, 5.74) is 0.0377. The highest BCUT2D eigenvalue weighted by Gasteiger charge is 2.18. The number of benzene rings is 1. The molecule has 0 aliphatic heterocycles. The van der Waals surface area contributed by atoms with E-state index in [0.717, 1.165) is 0 Å². The van der Waals surface area contributed by atoms with Crippen molar-refractivity contribution < 1.29 is 13.9 Å². The van der Waals surface area contributed by atoms with Crippen molar-refractivity contribution in [3.05, 3.63) is 41.4 Å². The molecule has 1 aromatic rings. The fraction of sp³-hybridized carbons (Fsp3) is 0.312. The Morgan fingerprint density at radius 3 is 2.55 bits per heavy atom. The number of carbonyl (C=O) groups excluding carboxylic acids is 1. The Kier molecular flexibility index (Phi) is 5.65. The summed E-state index contributed by atoms with van der Waals surface area (Å²) in [6.45, 7) is 5.22. The van der Waals surface area contributed by atoms with Crippen LogP contribution >= 0.6 is 0 Å². The van der Waals surface area contributed by atoms with Gasteiger partial charge in [-0.05, 0) is 44.5 Å². The van der Waals surface area contributed by atoms with Crippen molar-refractivity contribution in [3.8, 4) is 12.1 Å². The van der Waals surface area contributed by atoms with Gasteiger partial charge in [-0.2, -0.15) is 10.5 Å². The highest BCUT2D eigenvalue weighted by molar-refractivity contribution is 5.76. The van der Waals surface area contributed by atoms with E-state index in [1.165, 1.54) is 24.4 Å². The summed E-state index contributed by atoms with van der Waals surface area (Å²) in [5.74, 6) is -0.986. The van der Waals surface area contributed by atoms with Crippen LogP contribution < -0.4 is 5.32 Å². The molecule has 0 aliphatic rings. The maximum absolute atomic E-state index is 13.4. The average molecular weight is 301 g/mol. The van der Waals surface area contributed by atoms with Crippen LogP contribution in [-0.4, -0.2) is 11.6 Å². The quantitative estimate of drug-likeness (QED) is 0.682. The fourth-order valence-corrected chi connectivity index (χ4v) is 1.62. The van der Waals surface area contributed by atoms with E-state index in [4.69, 9.17) is 15.3 Å². The van der Waals surface area contributed by atoms with Crippen molar-refractivity contribution in [1.82, 2.24) is 0 Å². The molecule has 0 saturated carbocycles. The first kappa shape index (κ1) is 17.2. The summed E-state index contributed by atoms with van der Waals surface area (Å²) in [6.07, 6.45) is 1.07. The number of ether oxygens (including phenoxy) is 1. The lowest BCUT2D eigenvalue weighted by molar-refractivity contribution is -0.153. The van der Waals surface area contributed by atoms with Crippen molar-refractivity contribution in [3.63, 3.8) is 0 Å². The maximum Gasteiger partial charge on any atom is 0.310 e. The fourth-order valence-electron chi connectivity index (χ4n) is 1.62. The van der Waals surface area contributed by atoms with Crippen LogP contribution in [0, 0.1) is 28.5 Å². The van der Waals surface area contributed by atoms with Crippen LogP contribution in [0.2, 0.25) is 0 Å². The van der Waals surface area contributed by atoms with Gasteiger partial charge in [-0.25, -0.2) is 4.39 Å². The molecule has 0 spiro atoms. The zero-order valence-electron chi connectivity index (χ0n) is 12.6. The smallest absolute Gasteiger partial charge is 0.310 e. The first-order valence-electron chi connectivity index (χ1n) is 6.52. The minimum atomic E-state index is -0.632. The molecule has 1 N–H and O–H groups in total. The molecule has 114 valence electrons. The minimum Gasteiger partial charge on any atom is -0.460 e. The number of esters is 1. The lowest BCUT2D eigenvalue weighted by Gasteiger charge is -2.20. The molecule has 0 bridgehead atoms. The Hall–Kier alpha value is -2.86. The topological polar surface area (TPSA) is 85.9 Å². The molecule has 22 heavy (non-hydrogen) atoms. The van der Waals surface area contributed by atoms with Crippen molar-refractivity contribution >= 4 is 11.7 Å². The van der Waals surface area contributed by atoms with E-state index in [9.17, 15) is 9.18 Å². The van der Waals surface area contributed by atoms with Gasteiger partial charge in [0.2, 0.25) is 0 Å². The molecule has 0 radical (unpaired) electrons. The van der Waals surface area contributed by atoms with Gasteiger partial charge < -0.3 is 10.1 Å². The summed E-state index contributed by atoms with van der Waals surface area (Å²) in [4.78, 5) is 11.8. The number of hydrogen-bond acceptors (Lipinski definition) is 5. The van der Waals surface area contributed by atoms with Gasteiger partial charge in [-0.15, -0.1) is 0 Å². The number of nitrogens with zero attached hydrogens (tertiary/aromatic N) is 2. The minimum absolute atomic E-state index is 0.125. The van der Waals surface area contributed by atoms with Gasteiger partial charge in [0.1, 0.15) is 29.1 Å². The molecule has 5 nitrogen and oxygen atoms in total. The van der Waals surface area contributed by atoms with Crippen molar-refractivity contribution in [2.75, 3.05) is 5.32 Å². The van der Waals surface area contributed by atoms with Gasteiger partial charge in [0.25, 0.3) is 0 Å². The van der Waals surface area contributed by atoms with Crippen LogP contribution in [-0.2, 0) is 16.0 Å². The number of halogens is 1. The summed E-state index contributed by atoms with van der Waals surface area (Å²) < 4.78 is 18.6. The summed E-state index contributed by atoms with van der Waals surface area (Å²) in [7, 11) is 0. The molecular formula is C16H16FN3O2. The van der Waals surface area contributed by atoms with Crippen LogP contribution in [0.25, 0.3) is 0 Å². The highest BCUT2D eigenvalue weighted by atomic mass is 19.1. The molecular weight excluding hydrogens is 285 g/mol. The van der Waals surface area contributed by atoms with Crippen LogP contribution in [0.1, 0.15) is 26.3 Å². The van der Waals surface area contributed by atoms with Gasteiger partial charge >= 0.3 is 5.97 Å². The van der Waals surface area contributed by atoms with Gasteiger partial charge in [0.05, 0.1) is 6.42 Å². The van der Waals surface area contributed by atoms with Crippen molar-refractivity contribution in [2.45, 2.75) is 32.8 Å². The maximum atomic E-state index is 13.4. The molecule has 1 rings (SSSR count). The summed E-state index contributed by atoms with van der Waals surface area (Å²) in [5, 5.41) is 20.1. The highest BCUT2D eigenvalue weighted by Crippen LogP contribution is 2.20. The van der Waals surface area contributed by atoms with Crippen LogP contribution in [0.4, 0.5) is 10.1 Å². The van der Waals surface area contributed by atoms with E-state index >= 15 is 0 Å². The van der Waals surface area contributed by atoms with Gasteiger partial charge in [0, 0.05) is 11.9 Å². The zero-order chi connectivity index (χ0) is 16.8. The largest absolute Gasteiger partial charge is 0.460 e. The third-order valence-electron chi connectivity index (χ3n) is 2.44. The van der Waals surface area contributed by atoms with Crippen molar-refractivity contribution in [1.29, 1.82) is 10.5 Å². The Balaban J connectivity index is 2.97. The molecule has 0 heterocycles. The van der Waals surface area contributed by atoms with E-state index in [2.05, 4.69) is 5.32 Å². The number of nitrogens with one attached hydrogen (secondary N) is 1. The normalized spacial score (nSPS) is 10.1. The van der Waals surface area contributed by atoms with Crippen LogP contribution in [0.15, 0.2) is 30.0 Å². The lowest BCUT2D eigenvalue weighted by Crippen LogP contribution is -2.25. The second-order valence-corrected chi connectivity index (χ2v) is 5.49. The Morgan fingerprint density at radius 2 is 2.00 bits per heavy atom. The number of allylic oxidation sites excluding steroid dienone is 1. The zero-order valence-corrected chi connectivity index (χ0v) is 12.6. The van der Waals surface area contributed by atoms with E-state index in [-0.39, 0.29) is 12.0 Å². The Bertz CT molecular complexity index is 660. The van der Waals surface area contributed by atoms with E-state index in [1.54, 1.807) is 32.9 Å². The molecule has 0 amide bonds. The molecule has 6 heteroatoms. The SMILES string of the molecule is CC(C)(C)OC(=O)Cc1cc(F)ccc1NC=C(C#N)C#N. The Labute approximate surface area is 128 Å². The van der Waals surface area contributed by atoms with E-state index in [1.807, 2.05) is 0 Å². The average Bonchev–Trinajstić information content (AvgIpc) is 2.39. The number of carbonyl (C=O) groups is 1. The van der Waals surface area contributed by atoms with Gasteiger partial charge in [0.15, 0.2) is 0 Å². The van der Waals surface area contributed by atoms with Gasteiger partial charge in [-0.3, -0.25) is 4.79 Å². The molecule has 1 aromatic carbocycles. The van der Waals surface area contributed by atoms with Crippen LogP contribution in [0.5, 0.6) is 0 Å². The first-order valence-corrected chi connectivity index (χ1v) is 6.52. The monoisotopic (exact) mass is 301 g/mol. The Morgan fingerprint density at radius 1 is 1.36 bits per heavy atom. The van der Waals surface area contributed by atoms with Crippen LogP contribution in [0.3, 0.4) is 0 Å². The predicted octanol–water partition coefficient (Wildman–Crippen LogP) is 3.05. The third kappa shape index (κ3) is 5.64. The van der Waals surface area contributed by atoms with E-state index in [0.29, 0.717) is 11.3 Å². The molecule has 0 aromatic heterocycles. The van der Waals surface area contributed by atoms with E-state index < -0.39 is 17.4 Å². The predicted molar refractivity (Wildman–Crippen MR) is 78.9 cm³/mol. The number of hydrogen-bond donors (Lipinski definition) is 1. The molecule has 0 fully saturated rings. The lowest BCUT2D eigenvalue weighted by atomic mass is 10.1. The van der Waals surface area contributed by atoms with Crippen molar-refractivity contribution in [2.24, 2.45) is 0 Å². The third-order valence-corrected chi connectivity index (χ3v) is 2.44.